The summed E-state index contributed by atoms with van der Waals surface area (Å²) in [5.41, 5.74) is 5.17. The summed E-state index contributed by atoms with van der Waals surface area (Å²) in [6, 6.07) is 1.70. The van der Waals surface area contributed by atoms with Crippen molar-refractivity contribution in [2.75, 3.05) is 6.54 Å². The van der Waals surface area contributed by atoms with Gasteiger partial charge in [0, 0.05) is 31.4 Å². The molecule has 1 saturated heterocycles. The number of allylic oxidation sites excluding steroid dienone is 2. The van der Waals surface area contributed by atoms with Gasteiger partial charge in [-0.1, -0.05) is 92.6 Å². The fourth-order valence-electron chi connectivity index (χ4n) is 6.45. The van der Waals surface area contributed by atoms with Crippen LogP contribution in [0.5, 0.6) is 0 Å². The van der Waals surface area contributed by atoms with Crippen molar-refractivity contribution in [2.45, 2.75) is 172 Å². The molecule has 9 heteroatoms. The van der Waals surface area contributed by atoms with Crippen LogP contribution in [0.15, 0.2) is 29.6 Å². The van der Waals surface area contributed by atoms with Crippen molar-refractivity contribution in [3.05, 3.63) is 46.8 Å². The van der Waals surface area contributed by atoms with Crippen LogP contribution in [0, 0.1) is 36.0 Å². The van der Waals surface area contributed by atoms with Crippen LogP contribution in [-0.4, -0.2) is 43.8 Å². The molecule has 1 saturated carbocycles. The number of amides is 2. The second kappa shape index (κ2) is 25.7. The van der Waals surface area contributed by atoms with Crippen molar-refractivity contribution in [3.8, 4) is 0 Å². The molecule has 0 radical (unpaired) electrons. The molecule has 0 aromatic carbocycles. The maximum atomic E-state index is 12.6. The smallest absolute Gasteiger partial charge is 0.270 e. The second-order valence-corrected chi connectivity index (χ2v) is 14.6. The van der Waals surface area contributed by atoms with Crippen molar-refractivity contribution < 1.29 is 9.59 Å². The Bertz CT molecular complexity index is 1300. The minimum Gasteiger partial charge on any atom is -0.356 e. The Labute approximate surface area is 311 Å². The lowest BCUT2D eigenvalue weighted by Gasteiger charge is -2.22. The molecule has 2 amide bonds. The van der Waals surface area contributed by atoms with E-state index in [0.717, 1.165) is 61.8 Å². The number of aryl methyl sites for hydroxylation is 2. The van der Waals surface area contributed by atoms with E-state index in [1.165, 1.54) is 62.5 Å². The number of piperidine rings is 1. The maximum Gasteiger partial charge on any atom is 0.270 e. The highest BCUT2D eigenvalue weighted by Crippen LogP contribution is 2.37. The van der Waals surface area contributed by atoms with Gasteiger partial charge in [0.1, 0.15) is 11.5 Å². The van der Waals surface area contributed by atoms with Crippen LogP contribution in [0.25, 0.3) is 0 Å². The van der Waals surface area contributed by atoms with Crippen molar-refractivity contribution in [1.82, 2.24) is 30.4 Å². The summed E-state index contributed by atoms with van der Waals surface area (Å²) in [4.78, 5) is 30.7. The van der Waals surface area contributed by atoms with Crippen LogP contribution in [0.1, 0.15) is 181 Å². The van der Waals surface area contributed by atoms with Crippen molar-refractivity contribution in [1.29, 1.82) is 5.41 Å². The number of nitrogens with zero attached hydrogens (tertiary/aromatic N) is 3. The molecule has 4 rings (SSSR count). The molecular formula is C42H75N7O2. The Morgan fingerprint density at radius 2 is 1.78 bits per heavy atom. The highest BCUT2D eigenvalue weighted by Gasteiger charge is 2.25. The van der Waals surface area contributed by atoms with Gasteiger partial charge < -0.3 is 21.0 Å². The van der Waals surface area contributed by atoms with E-state index in [1.54, 1.807) is 16.9 Å². The minimum atomic E-state index is -0.0878. The Morgan fingerprint density at radius 3 is 2.27 bits per heavy atom. The third-order valence-electron chi connectivity index (χ3n) is 10.1. The van der Waals surface area contributed by atoms with Gasteiger partial charge in [-0.3, -0.25) is 14.3 Å². The van der Waals surface area contributed by atoms with Gasteiger partial charge in [-0.2, -0.15) is 5.10 Å². The number of H-pyrrole nitrogens is 1. The molecule has 0 spiro atoms. The summed E-state index contributed by atoms with van der Waals surface area (Å²) < 4.78 is 1.71. The average Bonchev–Trinajstić information content (AvgIpc) is 3.65. The fourth-order valence-corrected chi connectivity index (χ4v) is 6.45. The third kappa shape index (κ3) is 17.7. The SMILES string of the molecule is CC.CC1CCC(=O)NC1.CCC(C)CCCC(NC(=O)c1ccnn1CC)c1cnc(C)[nH]1.CCCC(CCC1CC1)C(C(C)=N)=C(C)CC. The molecule has 4 N–H and O–H groups in total. The molecule has 0 bridgehead atoms. The van der Waals surface area contributed by atoms with E-state index < -0.39 is 0 Å². The number of nitrogens with one attached hydrogen (secondary N) is 4. The molecule has 2 aromatic rings. The van der Waals surface area contributed by atoms with Gasteiger partial charge in [-0.15, -0.1) is 0 Å². The Kier molecular flexibility index (Phi) is 23.1. The van der Waals surface area contributed by atoms with Gasteiger partial charge in [-0.05, 0) is 102 Å². The molecule has 290 valence electrons. The molecule has 2 aromatic heterocycles. The molecule has 1 aliphatic heterocycles. The molecule has 4 unspecified atom stereocenters. The Morgan fingerprint density at radius 1 is 1.08 bits per heavy atom. The number of aromatic amines is 1. The maximum absolute atomic E-state index is 12.6. The number of hydrogen-bond acceptors (Lipinski definition) is 5. The lowest BCUT2D eigenvalue weighted by Crippen LogP contribution is -2.33. The summed E-state index contributed by atoms with van der Waals surface area (Å²) in [5.74, 6) is 4.06. The van der Waals surface area contributed by atoms with Crippen molar-refractivity contribution in [3.63, 3.8) is 0 Å². The fraction of sp³-hybridized carbons (Fsp3) is 0.738. The summed E-state index contributed by atoms with van der Waals surface area (Å²) in [7, 11) is 0. The van der Waals surface area contributed by atoms with Crippen LogP contribution >= 0.6 is 0 Å². The highest BCUT2D eigenvalue weighted by molar-refractivity contribution is 5.96. The molecule has 3 heterocycles. The monoisotopic (exact) mass is 710 g/mol. The van der Waals surface area contributed by atoms with Gasteiger partial charge >= 0.3 is 0 Å². The van der Waals surface area contributed by atoms with Gasteiger partial charge in [0.2, 0.25) is 5.91 Å². The largest absolute Gasteiger partial charge is 0.356 e. The van der Waals surface area contributed by atoms with E-state index >= 15 is 0 Å². The first-order valence-electron chi connectivity index (χ1n) is 20.3. The second-order valence-electron chi connectivity index (χ2n) is 14.6. The normalized spacial score (nSPS) is 17.5. The Balaban J connectivity index is 0.000000416. The quantitative estimate of drug-likeness (QED) is 0.122. The van der Waals surface area contributed by atoms with E-state index in [-0.39, 0.29) is 17.9 Å². The van der Waals surface area contributed by atoms with E-state index in [2.05, 4.69) is 67.2 Å². The van der Waals surface area contributed by atoms with Crippen LogP contribution in [0.3, 0.4) is 0 Å². The molecule has 9 nitrogen and oxygen atoms in total. The molecule has 1 aliphatic carbocycles. The van der Waals surface area contributed by atoms with Gasteiger partial charge in [0.25, 0.3) is 5.91 Å². The first kappa shape index (κ1) is 45.8. The molecule has 2 fully saturated rings. The van der Waals surface area contributed by atoms with Gasteiger partial charge in [0.15, 0.2) is 0 Å². The topological polar surface area (TPSA) is 129 Å². The molecular weight excluding hydrogens is 635 g/mol. The zero-order valence-corrected chi connectivity index (χ0v) is 34.4. The van der Waals surface area contributed by atoms with Crippen molar-refractivity contribution in [2.24, 2.45) is 23.7 Å². The number of hydrogen-bond donors (Lipinski definition) is 4. The minimum absolute atomic E-state index is 0.0528. The Hall–Kier alpha value is -3.23. The van der Waals surface area contributed by atoms with Crippen LogP contribution in [0.4, 0.5) is 0 Å². The molecule has 2 aliphatic rings. The number of rotatable bonds is 17. The van der Waals surface area contributed by atoms with Crippen LogP contribution in [-0.2, 0) is 11.3 Å². The summed E-state index contributed by atoms with van der Waals surface area (Å²) >= 11 is 0. The number of aromatic nitrogens is 4. The van der Waals surface area contributed by atoms with E-state index in [9.17, 15) is 9.59 Å². The zero-order valence-electron chi connectivity index (χ0n) is 34.4. The average molecular weight is 710 g/mol. The summed E-state index contributed by atoms with van der Waals surface area (Å²) in [6.45, 7) is 24.8. The summed E-state index contributed by atoms with van der Waals surface area (Å²) in [6.07, 6.45) is 18.8. The molecule has 51 heavy (non-hydrogen) atoms. The highest BCUT2D eigenvalue weighted by atomic mass is 16.2. The summed E-state index contributed by atoms with van der Waals surface area (Å²) in [5, 5.41) is 18.1. The van der Waals surface area contributed by atoms with E-state index in [0.29, 0.717) is 30.0 Å². The van der Waals surface area contributed by atoms with E-state index in [4.69, 9.17) is 5.41 Å². The predicted octanol–water partition coefficient (Wildman–Crippen LogP) is 10.5. The third-order valence-corrected chi connectivity index (χ3v) is 10.1. The standard InChI is InChI=1S/C18H29N5O.C16H29N.C6H11NO.C2H6/c1-5-13(3)8-7-9-15(16-12-19-14(4)21-16)22-18(24)17-10-11-20-23(17)6-2;1-5-7-15(11-10-14-8-9-14)16(13(4)17)12(3)6-2;1-5-2-3-6(8)7-4-5;1-2/h10-13,15H,5-9H2,1-4H3,(H,19,21)(H,22,24);14-15,17H,5-11H2,1-4H3;5H,2-4H2,1H3,(H,7,8);1-2H3. The molecule has 4 atom stereocenters. The van der Waals surface area contributed by atoms with E-state index in [1.807, 2.05) is 40.8 Å². The first-order chi connectivity index (χ1) is 24.4. The lowest BCUT2D eigenvalue weighted by atomic mass is 9.83. The van der Waals surface area contributed by atoms with Crippen LogP contribution < -0.4 is 10.6 Å². The zero-order chi connectivity index (χ0) is 38.3. The van der Waals surface area contributed by atoms with Crippen LogP contribution in [0.2, 0.25) is 0 Å². The van der Waals surface area contributed by atoms with Gasteiger partial charge in [0.05, 0.1) is 17.9 Å². The first-order valence-corrected chi connectivity index (χ1v) is 20.3. The lowest BCUT2D eigenvalue weighted by molar-refractivity contribution is -0.122. The predicted molar refractivity (Wildman–Crippen MR) is 214 cm³/mol. The number of carbonyl (C=O) groups excluding carboxylic acids is 2. The van der Waals surface area contributed by atoms with Crippen molar-refractivity contribution >= 4 is 17.5 Å². The number of carbonyl (C=O) groups is 2. The van der Waals surface area contributed by atoms with Gasteiger partial charge in [-0.25, -0.2) is 4.98 Å². The number of imidazole rings is 1.